The zero-order valence-corrected chi connectivity index (χ0v) is 41.4. The topological polar surface area (TPSA) is 149 Å². The van der Waals surface area contributed by atoms with Gasteiger partial charge in [-0.15, -0.1) is 0 Å². The molecule has 63 heavy (non-hydrogen) atoms. The molecule has 7 atom stereocenters. The Labute approximate surface area is 388 Å². The van der Waals surface area contributed by atoms with Crippen LogP contribution in [0.15, 0.2) is 12.2 Å². The van der Waals surface area contributed by atoms with Gasteiger partial charge < -0.3 is 40.3 Å². The molecule has 0 bridgehead atoms. The van der Waals surface area contributed by atoms with E-state index < -0.39 is 49.5 Å². The maximum absolute atomic E-state index is 13.0. The van der Waals surface area contributed by atoms with Crippen LogP contribution in [0.25, 0.3) is 0 Å². The quantitative estimate of drug-likeness (QED) is 0.0261. The van der Waals surface area contributed by atoms with Gasteiger partial charge in [-0.05, 0) is 19.3 Å². The average Bonchev–Trinajstić information content (AvgIpc) is 3.28. The fourth-order valence-electron chi connectivity index (χ4n) is 8.98. The first-order valence-corrected chi connectivity index (χ1v) is 27.4. The second kappa shape index (κ2) is 44.7. The summed E-state index contributed by atoms with van der Waals surface area (Å²) in [5.41, 5.74) is 0. The fraction of sp³-hybridized carbons (Fsp3) is 0.944. The van der Waals surface area contributed by atoms with Crippen molar-refractivity contribution in [3.8, 4) is 0 Å². The molecule has 1 aliphatic heterocycles. The second-order valence-corrected chi connectivity index (χ2v) is 19.4. The van der Waals surface area contributed by atoms with Crippen LogP contribution in [0.5, 0.6) is 0 Å². The third-order valence-electron chi connectivity index (χ3n) is 13.4. The standard InChI is InChI=1S/C54H105NO8/c1-3-5-7-9-11-13-15-17-19-20-21-22-23-24-25-26-27-28-30-32-34-36-38-40-42-44-50(58)55-47(46-62-54-53(61)52(60)51(59)49(45-56)63-54)48(57)43-41-39-37-35-33-31-29-18-16-14-12-10-8-6-4-2/h41,43,47-49,51-54,56-57,59-61H,3-40,42,44-46H2,1-2H3,(H,55,58)/b43-41+/t47-,48+,49+,51+,52?,53?,54+/m0/s1. The number of allylic oxidation sites excluding steroid dienone is 1. The van der Waals surface area contributed by atoms with Crippen molar-refractivity contribution in [2.75, 3.05) is 13.2 Å². The van der Waals surface area contributed by atoms with Crippen LogP contribution in [0, 0.1) is 0 Å². The van der Waals surface area contributed by atoms with Crippen LogP contribution < -0.4 is 5.32 Å². The summed E-state index contributed by atoms with van der Waals surface area (Å²) < 4.78 is 11.3. The van der Waals surface area contributed by atoms with E-state index in [1.807, 2.05) is 6.08 Å². The van der Waals surface area contributed by atoms with Crippen molar-refractivity contribution in [3.63, 3.8) is 0 Å². The number of nitrogens with one attached hydrogen (secondary N) is 1. The third kappa shape index (κ3) is 34.8. The lowest BCUT2D eigenvalue weighted by molar-refractivity contribution is -0.302. The molecule has 9 heteroatoms. The van der Waals surface area contributed by atoms with E-state index in [0.29, 0.717) is 6.42 Å². The van der Waals surface area contributed by atoms with Crippen molar-refractivity contribution in [1.29, 1.82) is 0 Å². The molecular formula is C54H105NO8. The summed E-state index contributed by atoms with van der Waals surface area (Å²) >= 11 is 0. The summed E-state index contributed by atoms with van der Waals surface area (Å²) in [5.74, 6) is -0.171. The Hall–Kier alpha value is -1.07. The van der Waals surface area contributed by atoms with E-state index in [1.54, 1.807) is 6.08 Å². The Bertz CT molecular complexity index is 997. The maximum Gasteiger partial charge on any atom is 0.220 e. The minimum Gasteiger partial charge on any atom is -0.394 e. The highest BCUT2D eigenvalue weighted by molar-refractivity contribution is 5.76. The summed E-state index contributed by atoms with van der Waals surface area (Å²) in [6.07, 6.45) is 47.0. The number of carbonyl (C=O) groups is 1. The van der Waals surface area contributed by atoms with Gasteiger partial charge in [-0.1, -0.05) is 257 Å². The first kappa shape index (κ1) is 59.9. The first-order chi connectivity index (χ1) is 30.8. The van der Waals surface area contributed by atoms with Gasteiger partial charge in [0.2, 0.25) is 5.91 Å². The molecule has 0 spiro atoms. The lowest BCUT2D eigenvalue weighted by Gasteiger charge is -2.40. The number of hydrogen-bond donors (Lipinski definition) is 6. The molecule has 9 nitrogen and oxygen atoms in total. The molecule has 1 fully saturated rings. The summed E-state index contributed by atoms with van der Waals surface area (Å²) in [5, 5.41) is 54.4. The van der Waals surface area contributed by atoms with Crippen molar-refractivity contribution in [1.82, 2.24) is 5.32 Å². The largest absolute Gasteiger partial charge is 0.394 e. The van der Waals surface area contributed by atoms with E-state index in [4.69, 9.17) is 9.47 Å². The zero-order chi connectivity index (χ0) is 45.9. The molecule has 374 valence electrons. The number of rotatable bonds is 47. The zero-order valence-electron chi connectivity index (χ0n) is 41.4. The number of carbonyl (C=O) groups excluding carboxylic acids is 1. The van der Waals surface area contributed by atoms with Gasteiger partial charge in [0.15, 0.2) is 6.29 Å². The van der Waals surface area contributed by atoms with E-state index >= 15 is 0 Å². The smallest absolute Gasteiger partial charge is 0.220 e. The van der Waals surface area contributed by atoms with Crippen LogP contribution in [0.1, 0.15) is 271 Å². The average molecular weight is 896 g/mol. The molecule has 1 heterocycles. The molecule has 0 aliphatic carbocycles. The van der Waals surface area contributed by atoms with Crippen molar-refractivity contribution >= 4 is 5.91 Å². The summed E-state index contributed by atoms with van der Waals surface area (Å²) in [6.45, 7) is 3.81. The van der Waals surface area contributed by atoms with Crippen molar-refractivity contribution in [2.45, 2.75) is 314 Å². The number of aliphatic hydroxyl groups is 5. The normalized spacial score (nSPS) is 20.1. The van der Waals surface area contributed by atoms with Gasteiger partial charge in [-0.25, -0.2) is 0 Å². The lowest BCUT2D eigenvalue weighted by Crippen LogP contribution is -2.60. The predicted molar refractivity (Wildman–Crippen MR) is 263 cm³/mol. The Morgan fingerprint density at radius 2 is 0.873 bits per heavy atom. The summed E-state index contributed by atoms with van der Waals surface area (Å²) in [7, 11) is 0. The van der Waals surface area contributed by atoms with Crippen molar-refractivity contribution in [2.24, 2.45) is 0 Å². The van der Waals surface area contributed by atoms with E-state index in [1.165, 1.54) is 212 Å². The number of amides is 1. The molecular weight excluding hydrogens is 791 g/mol. The van der Waals surface area contributed by atoms with Gasteiger partial charge in [0.05, 0.1) is 25.4 Å². The van der Waals surface area contributed by atoms with E-state index in [-0.39, 0.29) is 12.5 Å². The maximum atomic E-state index is 13.0. The van der Waals surface area contributed by atoms with Crippen LogP contribution in [0.2, 0.25) is 0 Å². The number of unbranched alkanes of at least 4 members (excludes halogenated alkanes) is 37. The molecule has 1 saturated heterocycles. The molecule has 0 aromatic rings. The second-order valence-electron chi connectivity index (χ2n) is 19.4. The van der Waals surface area contributed by atoms with E-state index in [2.05, 4.69) is 19.2 Å². The molecule has 0 radical (unpaired) electrons. The van der Waals surface area contributed by atoms with Gasteiger partial charge in [0, 0.05) is 6.42 Å². The highest BCUT2D eigenvalue weighted by Gasteiger charge is 2.44. The highest BCUT2D eigenvalue weighted by Crippen LogP contribution is 2.23. The van der Waals surface area contributed by atoms with Crippen LogP contribution in [-0.2, 0) is 14.3 Å². The lowest BCUT2D eigenvalue weighted by atomic mass is 9.99. The number of hydrogen-bond acceptors (Lipinski definition) is 8. The molecule has 1 aliphatic rings. The highest BCUT2D eigenvalue weighted by atomic mass is 16.7. The van der Waals surface area contributed by atoms with E-state index in [0.717, 1.165) is 38.5 Å². The van der Waals surface area contributed by atoms with Crippen molar-refractivity contribution < 1.29 is 39.8 Å². The summed E-state index contributed by atoms with van der Waals surface area (Å²) in [6, 6.07) is -0.799. The number of aliphatic hydroxyl groups excluding tert-OH is 5. The summed E-state index contributed by atoms with van der Waals surface area (Å²) in [4.78, 5) is 13.0. The third-order valence-corrected chi connectivity index (χ3v) is 13.4. The van der Waals surface area contributed by atoms with Crippen LogP contribution in [-0.4, -0.2) is 87.5 Å². The predicted octanol–water partition coefficient (Wildman–Crippen LogP) is 12.8. The Kier molecular flexibility index (Phi) is 42.6. The monoisotopic (exact) mass is 896 g/mol. The molecule has 2 unspecified atom stereocenters. The van der Waals surface area contributed by atoms with Crippen LogP contribution >= 0.6 is 0 Å². The van der Waals surface area contributed by atoms with Gasteiger partial charge in [-0.2, -0.15) is 0 Å². The SMILES string of the molecule is CCCCCCCCCCCCCCC/C=C/[C@@H](O)[C@H](CO[C@@H]1O[C@H](CO)[C@@H](O)C(O)C1O)NC(=O)CCCCCCCCCCCCCCCCCCCCCCCCCCC. The minimum atomic E-state index is -1.56. The minimum absolute atomic E-state index is 0.171. The van der Waals surface area contributed by atoms with Gasteiger partial charge >= 0.3 is 0 Å². The van der Waals surface area contributed by atoms with Crippen LogP contribution in [0.4, 0.5) is 0 Å². The molecule has 0 aromatic carbocycles. The Balaban J connectivity index is 2.20. The molecule has 0 aromatic heterocycles. The van der Waals surface area contributed by atoms with Gasteiger partial charge in [0.1, 0.15) is 24.4 Å². The van der Waals surface area contributed by atoms with Gasteiger partial charge in [-0.3, -0.25) is 4.79 Å². The Morgan fingerprint density at radius 1 is 0.524 bits per heavy atom. The first-order valence-electron chi connectivity index (χ1n) is 27.4. The molecule has 1 rings (SSSR count). The van der Waals surface area contributed by atoms with Gasteiger partial charge in [0.25, 0.3) is 0 Å². The molecule has 6 N–H and O–H groups in total. The molecule has 1 amide bonds. The molecule has 0 saturated carbocycles. The Morgan fingerprint density at radius 3 is 1.24 bits per heavy atom. The van der Waals surface area contributed by atoms with E-state index in [9.17, 15) is 30.3 Å². The fourth-order valence-corrected chi connectivity index (χ4v) is 8.98. The van der Waals surface area contributed by atoms with Crippen molar-refractivity contribution in [3.05, 3.63) is 12.2 Å². The number of ether oxygens (including phenoxy) is 2. The van der Waals surface area contributed by atoms with Crippen LogP contribution in [0.3, 0.4) is 0 Å².